The lowest BCUT2D eigenvalue weighted by molar-refractivity contribution is -0.132. The zero-order valence-electron chi connectivity index (χ0n) is 15.1. The Morgan fingerprint density at radius 1 is 1.04 bits per heavy atom. The van der Waals surface area contributed by atoms with Crippen molar-refractivity contribution < 1.29 is 17.9 Å². The zero-order valence-corrected chi connectivity index (χ0v) is 15.9. The van der Waals surface area contributed by atoms with Gasteiger partial charge in [0.25, 0.3) is 0 Å². The fraction of sp³-hybridized carbons (Fsp3) is 0.611. The van der Waals surface area contributed by atoms with Crippen LogP contribution in [0.4, 0.5) is 0 Å². The van der Waals surface area contributed by atoms with Gasteiger partial charge in [-0.25, -0.2) is 8.42 Å². The molecular formula is C18H28N2O4S. The summed E-state index contributed by atoms with van der Waals surface area (Å²) in [7, 11) is -3.52. The second-order valence-electron chi connectivity index (χ2n) is 6.15. The van der Waals surface area contributed by atoms with E-state index in [0.29, 0.717) is 45.0 Å². The van der Waals surface area contributed by atoms with Crippen molar-refractivity contribution in [3.63, 3.8) is 0 Å². The Bertz CT molecular complexity index is 650. The molecular weight excluding hydrogens is 340 g/mol. The summed E-state index contributed by atoms with van der Waals surface area (Å²) in [5.41, 5.74) is 0. The van der Waals surface area contributed by atoms with E-state index in [9.17, 15) is 13.2 Å². The lowest BCUT2D eigenvalue weighted by atomic mass is 10.2. The molecule has 140 valence electrons. The Hall–Kier alpha value is -1.60. The van der Waals surface area contributed by atoms with E-state index in [1.165, 1.54) is 4.31 Å². The SMILES string of the molecule is CCCCCC(=O)N1CCN(S(=O)(=O)c2ccc(OCC)cc2)CC1. The number of rotatable bonds is 8. The first-order chi connectivity index (χ1) is 12.0. The van der Waals surface area contributed by atoms with Crippen LogP contribution in [-0.4, -0.2) is 56.3 Å². The summed E-state index contributed by atoms with van der Waals surface area (Å²) in [5, 5.41) is 0. The van der Waals surface area contributed by atoms with Gasteiger partial charge >= 0.3 is 0 Å². The monoisotopic (exact) mass is 368 g/mol. The third-order valence-electron chi connectivity index (χ3n) is 4.36. The van der Waals surface area contributed by atoms with Gasteiger partial charge in [0.15, 0.2) is 0 Å². The average molecular weight is 368 g/mol. The van der Waals surface area contributed by atoms with E-state index in [2.05, 4.69) is 6.92 Å². The van der Waals surface area contributed by atoms with Gasteiger partial charge < -0.3 is 9.64 Å². The zero-order chi connectivity index (χ0) is 18.3. The van der Waals surface area contributed by atoms with Crippen LogP contribution >= 0.6 is 0 Å². The molecule has 1 aromatic rings. The van der Waals surface area contributed by atoms with Crippen molar-refractivity contribution in [2.75, 3.05) is 32.8 Å². The average Bonchev–Trinajstić information content (AvgIpc) is 2.63. The van der Waals surface area contributed by atoms with Gasteiger partial charge in [0.05, 0.1) is 11.5 Å². The minimum atomic E-state index is -3.52. The lowest BCUT2D eigenvalue weighted by Gasteiger charge is -2.34. The molecule has 1 aliphatic rings. The van der Waals surface area contributed by atoms with Crippen molar-refractivity contribution in [2.24, 2.45) is 0 Å². The largest absolute Gasteiger partial charge is 0.494 e. The molecule has 0 N–H and O–H groups in total. The summed E-state index contributed by atoms with van der Waals surface area (Å²) in [6.45, 7) is 6.13. The molecule has 1 aliphatic heterocycles. The summed E-state index contributed by atoms with van der Waals surface area (Å²) in [6, 6.07) is 6.49. The second kappa shape index (κ2) is 9.20. The molecule has 1 saturated heterocycles. The maximum absolute atomic E-state index is 12.7. The summed E-state index contributed by atoms with van der Waals surface area (Å²) in [4.78, 5) is 14.2. The Balaban J connectivity index is 1.93. The number of unbranched alkanes of at least 4 members (excludes halogenated alkanes) is 2. The van der Waals surface area contributed by atoms with E-state index in [1.807, 2.05) is 6.92 Å². The van der Waals surface area contributed by atoms with Crippen LogP contribution in [-0.2, 0) is 14.8 Å². The molecule has 1 fully saturated rings. The number of hydrogen-bond donors (Lipinski definition) is 0. The number of piperazine rings is 1. The number of nitrogens with zero attached hydrogens (tertiary/aromatic N) is 2. The van der Waals surface area contributed by atoms with Crippen LogP contribution in [0, 0.1) is 0 Å². The van der Waals surface area contributed by atoms with E-state index in [0.717, 1.165) is 19.3 Å². The van der Waals surface area contributed by atoms with Crippen molar-refractivity contribution in [3.05, 3.63) is 24.3 Å². The predicted molar refractivity (Wildman–Crippen MR) is 97.1 cm³/mol. The van der Waals surface area contributed by atoms with E-state index in [4.69, 9.17) is 4.74 Å². The number of ether oxygens (including phenoxy) is 1. The molecule has 7 heteroatoms. The van der Waals surface area contributed by atoms with E-state index in [-0.39, 0.29) is 10.8 Å². The molecule has 25 heavy (non-hydrogen) atoms. The van der Waals surface area contributed by atoms with Gasteiger partial charge in [0.2, 0.25) is 15.9 Å². The van der Waals surface area contributed by atoms with E-state index < -0.39 is 10.0 Å². The van der Waals surface area contributed by atoms with Gasteiger partial charge in [-0.15, -0.1) is 0 Å². The number of carbonyl (C=O) groups is 1. The Kier molecular flexibility index (Phi) is 7.25. The Labute approximate surface area is 150 Å². The fourth-order valence-electron chi connectivity index (χ4n) is 2.89. The van der Waals surface area contributed by atoms with Crippen LogP contribution in [0.15, 0.2) is 29.2 Å². The first-order valence-corrected chi connectivity index (χ1v) is 10.4. The van der Waals surface area contributed by atoms with E-state index in [1.54, 1.807) is 29.2 Å². The molecule has 2 rings (SSSR count). The molecule has 6 nitrogen and oxygen atoms in total. The second-order valence-corrected chi connectivity index (χ2v) is 8.08. The smallest absolute Gasteiger partial charge is 0.243 e. The van der Waals surface area contributed by atoms with Crippen molar-refractivity contribution >= 4 is 15.9 Å². The first-order valence-electron chi connectivity index (χ1n) is 8.99. The predicted octanol–water partition coefficient (Wildman–Crippen LogP) is 2.50. The molecule has 0 bridgehead atoms. The Morgan fingerprint density at radius 3 is 2.24 bits per heavy atom. The maximum atomic E-state index is 12.7. The van der Waals surface area contributed by atoms with Crippen molar-refractivity contribution in [1.82, 2.24) is 9.21 Å². The van der Waals surface area contributed by atoms with Crippen LogP contribution in [0.5, 0.6) is 5.75 Å². The minimum absolute atomic E-state index is 0.131. The van der Waals surface area contributed by atoms with Crippen LogP contribution < -0.4 is 4.74 Å². The van der Waals surface area contributed by atoms with Crippen molar-refractivity contribution in [1.29, 1.82) is 0 Å². The number of hydrogen-bond acceptors (Lipinski definition) is 4. The molecule has 0 unspecified atom stereocenters. The molecule has 0 aromatic heterocycles. The fourth-order valence-corrected chi connectivity index (χ4v) is 4.31. The summed E-state index contributed by atoms with van der Waals surface area (Å²) < 4.78 is 32.3. The molecule has 0 atom stereocenters. The van der Waals surface area contributed by atoms with Gasteiger partial charge in [-0.3, -0.25) is 4.79 Å². The van der Waals surface area contributed by atoms with Crippen LogP contribution in [0.2, 0.25) is 0 Å². The highest BCUT2D eigenvalue weighted by Crippen LogP contribution is 2.21. The highest BCUT2D eigenvalue weighted by atomic mass is 32.2. The molecule has 0 aliphatic carbocycles. The molecule has 1 amide bonds. The topological polar surface area (TPSA) is 66.9 Å². The van der Waals surface area contributed by atoms with Gasteiger partial charge in [-0.05, 0) is 37.6 Å². The van der Waals surface area contributed by atoms with Gasteiger partial charge in [0, 0.05) is 32.6 Å². The van der Waals surface area contributed by atoms with Crippen molar-refractivity contribution in [3.8, 4) is 5.75 Å². The maximum Gasteiger partial charge on any atom is 0.243 e. The molecule has 0 spiro atoms. The van der Waals surface area contributed by atoms with E-state index >= 15 is 0 Å². The van der Waals surface area contributed by atoms with Crippen LogP contribution in [0.1, 0.15) is 39.5 Å². The highest BCUT2D eigenvalue weighted by molar-refractivity contribution is 7.89. The molecule has 0 saturated carbocycles. The molecule has 1 aromatic carbocycles. The van der Waals surface area contributed by atoms with Crippen molar-refractivity contribution in [2.45, 2.75) is 44.4 Å². The lowest BCUT2D eigenvalue weighted by Crippen LogP contribution is -2.50. The third-order valence-corrected chi connectivity index (χ3v) is 6.27. The number of sulfonamides is 1. The highest BCUT2D eigenvalue weighted by Gasteiger charge is 2.29. The summed E-state index contributed by atoms with van der Waals surface area (Å²) in [6.07, 6.45) is 3.60. The minimum Gasteiger partial charge on any atom is -0.494 e. The quantitative estimate of drug-likeness (QED) is 0.661. The van der Waals surface area contributed by atoms with Gasteiger partial charge in [-0.1, -0.05) is 19.8 Å². The molecule has 0 radical (unpaired) electrons. The Morgan fingerprint density at radius 2 is 1.68 bits per heavy atom. The number of amides is 1. The van der Waals surface area contributed by atoms with Crippen LogP contribution in [0.3, 0.4) is 0 Å². The van der Waals surface area contributed by atoms with Gasteiger partial charge in [-0.2, -0.15) is 4.31 Å². The molecule has 1 heterocycles. The third kappa shape index (κ3) is 5.19. The number of carbonyl (C=O) groups excluding carboxylic acids is 1. The van der Waals surface area contributed by atoms with Gasteiger partial charge in [0.1, 0.15) is 5.75 Å². The normalized spacial score (nSPS) is 16.0. The standard InChI is InChI=1S/C18H28N2O4S/c1-3-5-6-7-18(21)19-12-14-20(15-13-19)25(22,23)17-10-8-16(9-11-17)24-4-2/h8-11H,3-7,12-15H2,1-2H3. The first kappa shape index (κ1) is 19.7. The summed E-state index contributed by atoms with van der Waals surface area (Å²) in [5.74, 6) is 0.788. The van der Waals surface area contributed by atoms with Crippen LogP contribution in [0.25, 0.3) is 0 Å². The number of benzene rings is 1. The summed E-state index contributed by atoms with van der Waals surface area (Å²) >= 11 is 0.